The first kappa shape index (κ1) is 12.2. The van der Waals surface area contributed by atoms with E-state index in [0.717, 1.165) is 0 Å². The Morgan fingerprint density at radius 2 is 1.19 bits per heavy atom. The zero-order chi connectivity index (χ0) is 12.6. The molecule has 0 radical (unpaired) electrons. The molecule has 0 unspecified atom stereocenters. The number of primary amides is 1. The van der Waals surface area contributed by atoms with Gasteiger partial charge < -0.3 is 5.73 Å². The van der Waals surface area contributed by atoms with Crippen LogP contribution in [-0.4, -0.2) is 5.91 Å². The van der Waals surface area contributed by atoms with Crippen LogP contribution in [0.1, 0.15) is 5.56 Å². The lowest BCUT2D eigenvalue weighted by Gasteiger charge is -2.07. The predicted molar refractivity (Wildman–Crippen MR) is 44.5 cm³/mol. The van der Waals surface area contributed by atoms with Gasteiger partial charge in [-0.1, -0.05) is 6.58 Å². The van der Waals surface area contributed by atoms with Crippen molar-refractivity contribution in [2.24, 2.45) is 5.73 Å². The second-order valence-corrected chi connectivity index (χ2v) is 2.79. The molecule has 0 fully saturated rings. The molecule has 1 rings (SSSR count). The Labute approximate surface area is 86.2 Å². The lowest BCUT2D eigenvalue weighted by Crippen LogP contribution is -2.16. The Balaban J connectivity index is 3.64. The maximum Gasteiger partial charge on any atom is 0.248 e. The largest absolute Gasteiger partial charge is 0.366 e. The van der Waals surface area contributed by atoms with Crippen LogP contribution in [0.4, 0.5) is 22.0 Å². The molecule has 0 saturated heterocycles. The van der Waals surface area contributed by atoms with Gasteiger partial charge in [0.25, 0.3) is 0 Å². The molecule has 1 aromatic rings. The van der Waals surface area contributed by atoms with Crippen molar-refractivity contribution in [1.82, 2.24) is 0 Å². The van der Waals surface area contributed by atoms with Crippen molar-refractivity contribution < 1.29 is 26.7 Å². The third-order valence-electron chi connectivity index (χ3n) is 1.81. The van der Waals surface area contributed by atoms with E-state index < -0.39 is 46.1 Å². The number of benzene rings is 1. The molecule has 7 heteroatoms. The van der Waals surface area contributed by atoms with Crippen LogP contribution < -0.4 is 5.73 Å². The van der Waals surface area contributed by atoms with Crippen LogP contribution >= 0.6 is 0 Å². The lowest BCUT2D eigenvalue weighted by molar-refractivity contribution is -0.112. The molecule has 2 nitrogen and oxygen atoms in total. The van der Waals surface area contributed by atoms with Crippen LogP contribution in [0, 0.1) is 29.1 Å². The van der Waals surface area contributed by atoms with E-state index in [1.54, 1.807) is 0 Å². The monoisotopic (exact) mass is 237 g/mol. The molecule has 0 atom stereocenters. The van der Waals surface area contributed by atoms with Crippen LogP contribution in [0.5, 0.6) is 0 Å². The number of hydrogen-bond acceptors (Lipinski definition) is 1. The van der Waals surface area contributed by atoms with Gasteiger partial charge in [-0.2, -0.15) is 0 Å². The second kappa shape index (κ2) is 3.92. The van der Waals surface area contributed by atoms with Crippen molar-refractivity contribution in [2.45, 2.75) is 0 Å². The minimum absolute atomic E-state index is 0.993. The molecule has 0 heterocycles. The van der Waals surface area contributed by atoms with Crippen molar-refractivity contribution in [2.75, 3.05) is 0 Å². The number of hydrogen-bond donors (Lipinski definition) is 1. The fraction of sp³-hybridized carbons (Fsp3) is 0. The molecule has 1 amide bonds. The van der Waals surface area contributed by atoms with Gasteiger partial charge in [-0.3, -0.25) is 4.79 Å². The number of rotatable bonds is 2. The van der Waals surface area contributed by atoms with E-state index in [4.69, 9.17) is 0 Å². The SMILES string of the molecule is C=C(C(N)=O)c1c(F)c(F)c(F)c(F)c1F. The molecule has 2 N–H and O–H groups in total. The highest BCUT2D eigenvalue weighted by molar-refractivity contribution is 6.18. The topological polar surface area (TPSA) is 43.1 Å². The van der Waals surface area contributed by atoms with Crippen LogP contribution in [0.15, 0.2) is 6.58 Å². The maximum absolute atomic E-state index is 13.0. The summed E-state index contributed by atoms with van der Waals surface area (Å²) in [6, 6.07) is 0. The Bertz CT molecular complexity index is 468. The van der Waals surface area contributed by atoms with E-state index in [9.17, 15) is 26.7 Å². The summed E-state index contributed by atoms with van der Waals surface area (Å²) >= 11 is 0. The van der Waals surface area contributed by atoms with Gasteiger partial charge in [0.05, 0.1) is 5.56 Å². The van der Waals surface area contributed by atoms with E-state index in [1.807, 2.05) is 0 Å². The number of amides is 1. The minimum Gasteiger partial charge on any atom is -0.366 e. The highest BCUT2D eigenvalue weighted by atomic mass is 19.2. The second-order valence-electron chi connectivity index (χ2n) is 2.79. The number of carbonyl (C=O) groups excluding carboxylic acids is 1. The summed E-state index contributed by atoms with van der Waals surface area (Å²) in [6.45, 7) is 2.85. The highest BCUT2D eigenvalue weighted by Crippen LogP contribution is 2.27. The molecule has 0 aliphatic heterocycles. The molecule has 16 heavy (non-hydrogen) atoms. The van der Waals surface area contributed by atoms with E-state index in [0.29, 0.717) is 0 Å². The third kappa shape index (κ3) is 1.64. The average molecular weight is 237 g/mol. The standard InChI is InChI=1S/C9H4F5NO/c1-2(9(15)16)3-4(10)6(12)8(14)7(13)5(3)11/h1H2,(H2,15,16). The summed E-state index contributed by atoms with van der Waals surface area (Å²) in [5, 5.41) is 0. The molecule has 0 saturated carbocycles. The predicted octanol–water partition coefficient (Wildman–Crippen LogP) is 1.88. The summed E-state index contributed by atoms with van der Waals surface area (Å²) in [5.41, 5.74) is 2.23. The lowest BCUT2D eigenvalue weighted by atomic mass is 10.0. The van der Waals surface area contributed by atoms with Gasteiger partial charge in [0.1, 0.15) is 0 Å². The molecule has 1 aromatic carbocycles. The van der Waals surface area contributed by atoms with E-state index in [1.165, 1.54) is 0 Å². The van der Waals surface area contributed by atoms with Crippen LogP contribution in [0.2, 0.25) is 0 Å². The maximum atomic E-state index is 13.0. The van der Waals surface area contributed by atoms with E-state index in [2.05, 4.69) is 12.3 Å². The number of halogens is 5. The average Bonchev–Trinajstić information content (AvgIpc) is 2.23. The third-order valence-corrected chi connectivity index (χ3v) is 1.81. The fourth-order valence-corrected chi connectivity index (χ4v) is 0.993. The van der Waals surface area contributed by atoms with Crippen LogP contribution in [0.25, 0.3) is 5.57 Å². The van der Waals surface area contributed by atoms with Crippen molar-refractivity contribution >= 4 is 11.5 Å². The number of carbonyl (C=O) groups is 1. The molecular weight excluding hydrogens is 233 g/mol. The van der Waals surface area contributed by atoms with Crippen molar-refractivity contribution in [3.8, 4) is 0 Å². The first-order chi connectivity index (χ1) is 7.29. The molecule has 0 aromatic heterocycles. The summed E-state index contributed by atoms with van der Waals surface area (Å²) < 4.78 is 64.0. The summed E-state index contributed by atoms with van der Waals surface area (Å²) in [7, 11) is 0. The first-order valence-corrected chi connectivity index (χ1v) is 3.79. The summed E-state index contributed by atoms with van der Waals surface area (Å²) in [4.78, 5) is 10.6. The summed E-state index contributed by atoms with van der Waals surface area (Å²) in [6.07, 6.45) is 0. The molecular formula is C9H4F5NO. The van der Waals surface area contributed by atoms with Gasteiger partial charge in [0.2, 0.25) is 11.7 Å². The molecule has 0 bridgehead atoms. The zero-order valence-electron chi connectivity index (χ0n) is 7.58. The Hall–Kier alpha value is -1.92. The van der Waals surface area contributed by atoms with Gasteiger partial charge in [-0.05, 0) is 0 Å². The smallest absolute Gasteiger partial charge is 0.248 e. The van der Waals surface area contributed by atoms with Crippen LogP contribution in [0.3, 0.4) is 0 Å². The van der Waals surface area contributed by atoms with E-state index in [-0.39, 0.29) is 0 Å². The van der Waals surface area contributed by atoms with Gasteiger partial charge in [0.15, 0.2) is 23.3 Å². The Kier molecular flexibility index (Phi) is 2.97. The fourth-order valence-electron chi connectivity index (χ4n) is 0.993. The summed E-state index contributed by atoms with van der Waals surface area (Å²) in [5.74, 6) is -12.3. The minimum atomic E-state index is -2.31. The molecule has 0 aliphatic carbocycles. The van der Waals surface area contributed by atoms with Gasteiger partial charge >= 0.3 is 0 Å². The molecule has 0 spiro atoms. The Morgan fingerprint density at radius 3 is 1.50 bits per heavy atom. The van der Waals surface area contributed by atoms with Crippen molar-refractivity contribution in [3.63, 3.8) is 0 Å². The number of nitrogens with two attached hydrogens (primary N) is 1. The van der Waals surface area contributed by atoms with E-state index >= 15 is 0 Å². The van der Waals surface area contributed by atoms with Gasteiger partial charge in [0, 0.05) is 5.57 Å². The highest BCUT2D eigenvalue weighted by Gasteiger charge is 2.28. The van der Waals surface area contributed by atoms with Crippen molar-refractivity contribution in [1.29, 1.82) is 0 Å². The Morgan fingerprint density at radius 1 is 0.875 bits per heavy atom. The molecule has 0 aliphatic rings. The normalized spacial score (nSPS) is 10.3. The zero-order valence-corrected chi connectivity index (χ0v) is 7.58. The quantitative estimate of drug-likeness (QED) is 0.363. The van der Waals surface area contributed by atoms with Crippen molar-refractivity contribution in [3.05, 3.63) is 41.2 Å². The van der Waals surface area contributed by atoms with Crippen LogP contribution in [-0.2, 0) is 4.79 Å². The van der Waals surface area contributed by atoms with Gasteiger partial charge in [-0.25, -0.2) is 22.0 Å². The molecule has 86 valence electrons. The first-order valence-electron chi connectivity index (χ1n) is 3.79. The van der Waals surface area contributed by atoms with Gasteiger partial charge in [-0.15, -0.1) is 0 Å².